The van der Waals surface area contributed by atoms with Gasteiger partial charge in [0.25, 0.3) is 0 Å². The normalized spacial score (nSPS) is 16.1. The summed E-state index contributed by atoms with van der Waals surface area (Å²) < 4.78 is 10.7. The van der Waals surface area contributed by atoms with E-state index in [2.05, 4.69) is 32.2 Å². The van der Waals surface area contributed by atoms with Gasteiger partial charge in [0.15, 0.2) is 0 Å². The smallest absolute Gasteiger partial charge is 0.0581 e. The van der Waals surface area contributed by atoms with Gasteiger partial charge >= 0.3 is 0 Å². The van der Waals surface area contributed by atoms with Crippen molar-refractivity contribution in [1.82, 2.24) is 0 Å². The monoisotopic (exact) mass is 322 g/mol. The zero-order valence-corrected chi connectivity index (χ0v) is 15.3. The van der Waals surface area contributed by atoms with E-state index in [4.69, 9.17) is 9.47 Å². The lowest BCUT2D eigenvalue weighted by molar-refractivity contribution is 0.0846. The van der Waals surface area contributed by atoms with Gasteiger partial charge in [-0.15, -0.1) is 0 Å². The topological polar surface area (TPSA) is 18.5 Å². The number of rotatable bonds is 14. The van der Waals surface area contributed by atoms with Crippen molar-refractivity contribution in [3.8, 4) is 0 Å². The Hall–Kier alpha value is 0.620. The molecule has 0 aromatic carbocycles. The minimum atomic E-state index is 0.367. The number of unbranched alkanes of at least 4 members (excludes halogenated alkanes) is 2. The first kappa shape index (κ1) is 20.6. The molecule has 0 aliphatic heterocycles. The number of methoxy groups -OCH3 is 2. The van der Waals surface area contributed by atoms with Crippen LogP contribution in [0.2, 0.25) is 0 Å². The van der Waals surface area contributed by atoms with Crippen LogP contribution in [-0.2, 0) is 9.47 Å². The molecule has 4 heteroatoms. The predicted molar refractivity (Wildman–Crippen MR) is 95.4 cm³/mol. The lowest BCUT2D eigenvalue weighted by atomic mass is 10.0. The second-order valence-electron chi connectivity index (χ2n) is 5.61. The van der Waals surface area contributed by atoms with Crippen LogP contribution in [0.15, 0.2) is 0 Å². The van der Waals surface area contributed by atoms with Gasteiger partial charge in [-0.25, -0.2) is 0 Å². The molecule has 2 nitrogen and oxygen atoms in total. The summed E-state index contributed by atoms with van der Waals surface area (Å²) in [6, 6.07) is 0. The molecule has 0 aliphatic rings. The number of hydrogen-bond donors (Lipinski definition) is 2. The standard InChI is InChI=1S/C16H34O2S2/c1-4-5-9-16(20)13-14(18-3)8-6-7-10-15(19)11-12-17-2/h14-16,19-20H,4-13H2,1-3H3/t14?,15-,16-/m0/s1. The Morgan fingerprint density at radius 2 is 1.50 bits per heavy atom. The van der Waals surface area contributed by atoms with Crippen LogP contribution < -0.4 is 0 Å². The summed E-state index contributed by atoms with van der Waals surface area (Å²) in [5.74, 6) is 0. The molecule has 0 heterocycles. The van der Waals surface area contributed by atoms with Crippen LogP contribution in [-0.4, -0.2) is 37.4 Å². The second-order valence-corrected chi connectivity index (χ2v) is 7.07. The largest absolute Gasteiger partial charge is 0.385 e. The van der Waals surface area contributed by atoms with Crippen LogP contribution in [0.25, 0.3) is 0 Å². The lowest BCUT2D eigenvalue weighted by Gasteiger charge is -2.19. The highest BCUT2D eigenvalue weighted by Gasteiger charge is 2.13. The first-order chi connectivity index (χ1) is 9.63. The van der Waals surface area contributed by atoms with Crippen molar-refractivity contribution >= 4 is 25.3 Å². The third-order valence-corrected chi connectivity index (χ3v) is 4.71. The van der Waals surface area contributed by atoms with Gasteiger partial charge in [-0.1, -0.05) is 32.6 Å². The molecule has 0 amide bonds. The lowest BCUT2D eigenvalue weighted by Crippen LogP contribution is -2.16. The quantitative estimate of drug-likeness (QED) is 0.354. The van der Waals surface area contributed by atoms with Crippen molar-refractivity contribution < 1.29 is 9.47 Å². The van der Waals surface area contributed by atoms with E-state index in [0.29, 0.717) is 16.6 Å². The first-order valence-electron chi connectivity index (χ1n) is 8.01. The zero-order valence-electron chi connectivity index (χ0n) is 13.5. The summed E-state index contributed by atoms with van der Waals surface area (Å²) in [6.07, 6.45) is 11.0. The molecular weight excluding hydrogens is 288 g/mol. The van der Waals surface area contributed by atoms with E-state index < -0.39 is 0 Å². The Labute approximate surface area is 137 Å². The summed E-state index contributed by atoms with van der Waals surface area (Å²) >= 11 is 9.25. The van der Waals surface area contributed by atoms with Gasteiger partial charge in [-0.2, -0.15) is 25.3 Å². The minimum absolute atomic E-state index is 0.367. The highest BCUT2D eigenvalue weighted by molar-refractivity contribution is 7.81. The van der Waals surface area contributed by atoms with Gasteiger partial charge in [-0.05, 0) is 32.1 Å². The molecule has 0 saturated carbocycles. The molecule has 0 radical (unpaired) electrons. The highest BCUT2D eigenvalue weighted by Crippen LogP contribution is 2.19. The van der Waals surface area contributed by atoms with Crippen LogP contribution in [0.1, 0.15) is 64.7 Å². The van der Waals surface area contributed by atoms with Crippen LogP contribution in [0.3, 0.4) is 0 Å². The van der Waals surface area contributed by atoms with Gasteiger partial charge in [0.2, 0.25) is 0 Å². The van der Waals surface area contributed by atoms with Crippen LogP contribution in [0.4, 0.5) is 0 Å². The number of ether oxygens (including phenoxy) is 2. The molecule has 0 N–H and O–H groups in total. The summed E-state index contributed by atoms with van der Waals surface area (Å²) in [5.41, 5.74) is 0. The molecule has 3 atom stereocenters. The molecule has 0 fully saturated rings. The Balaban J connectivity index is 3.63. The number of thiol groups is 2. The summed E-state index contributed by atoms with van der Waals surface area (Å²) in [4.78, 5) is 0. The molecule has 0 bridgehead atoms. The molecule has 0 aliphatic carbocycles. The van der Waals surface area contributed by atoms with Crippen molar-refractivity contribution in [1.29, 1.82) is 0 Å². The Morgan fingerprint density at radius 1 is 0.850 bits per heavy atom. The van der Waals surface area contributed by atoms with E-state index in [1.54, 1.807) is 7.11 Å². The van der Waals surface area contributed by atoms with Crippen molar-refractivity contribution in [2.24, 2.45) is 0 Å². The fourth-order valence-corrected chi connectivity index (χ4v) is 3.05. The fourth-order valence-electron chi connectivity index (χ4n) is 2.34. The Bertz CT molecular complexity index is 203. The second kappa shape index (κ2) is 14.6. The van der Waals surface area contributed by atoms with E-state index in [-0.39, 0.29) is 0 Å². The molecule has 0 aromatic heterocycles. The number of hydrogen-bond acceptors (Lipinski definition) is 4. The van der Waals surface area contributed by atoms with E-state index >= 15 is 0 Å². The molecule has 20 heavy (non-hydrogen) atoms. The first-order valence-corrected chi connectivity index (χ1v) is 9.05. The zero-order chi connectivity index (χ0) is 15.2. The molecule has 122 valence electrons. The summed E-state index contributed by atoms with van der Waals surface area (Å²) in [7, 11) is 3.57. The Kier molecular flexibility index (Phi) is 15.0. The SMILES string of the molecule is CCCC[C@H](S)CC(CCCC[C@H](S)CCOC)OC. The minimum Gasteiger partial charge on any atom is -0.385 e. The molecule has 0 saturated heterocycles. The van der Waals surface area contributed by atoms with Crippen LogP contribution >= 0.6 is 25.3 Å². The van der Waals surface area contributed by atoms with Crippen molar-refractivity contribution in [2.75, 3.05) is 20.8 Å². The third kappa shape index (κ3) is 12.4. The van der Waals surface area contributed by atoms with E-state index in [1.165, 1.54) is 38.5 Å². The maximum Gasteiger partial charge on any atom is 0.0581 e. The molecular formula is C16H34O2S2. The van der Waals surface area contributed by atoms with Gasteiger partial charge < -0.3 is 9.47 Å². The fraction of sp³-hybridized carbons (Fsp3) is 1.00. The van der Waals surface area contributed by atoms with E-state index in [0.717, 1.165) is 25.9 Å². The molecule has 0 aromatic rings. The van der Waals surface area contributed by atoms with Crippen molar-refractivity contribution in [3.05, 3.63) is 0 Å². The Morgan fingerprint density at radius 3 is 2.10 bits per heavy atom. The van der Waals surface area contributed by atoms with E-state index in [1.807, 2.05) is 7.11 Å². The van der Waals surface area contributed by atoms with Crippen molar-refractivity contribution in [3.63, 3.8) is 0 Å². The van der Waals surface area contributed by atoms with Gasteiger partial charge in [0, 0.05) is 31.3 Å². The van der Waals surface area contributed by atoms with Gasteiger partial charge in [0.1, 0.15) is 0 Å². The summed E-state index contributed by atoms with van der Waals surface area (Å²) in [6.45, 7) is 3.04. The maximum atomic E-state index is 5.58. The van der Waals surface area contributed by atoms with Crippen LogP contribution in [0, 0.1) is 0 Å². The maximum absolute atomic E-state index is 5.58. The van der Waals surface area contributed by atoms with Gasteiger partial charge in [0.05, 0.1) is 6.10 Å². The van der Waals surface area contributed by atoms with Crippen LogP contribution in [0.5, 0.6) is 0 Å². The predicted octanol–water partition coefficient (Wildman–Crippen LogP) is 4.78. The van der Waals surface area contributed by atoms with E-state index in [9.17, 15) is 0 Å². The molecule has 0 spiro atoms. The molecule has 0 rings (SSSR count). The summed E-state index contributed by atoms with van der Waals surface area (Å²) in [5, 5.41) is 0.956. The molecule has 1 unspecified atom stereocenters. The third-order valence-electron chi connectivity index (χ3n) is 3.73. The van der Waals surface area contributed by atoms with Crippen molar-refractivity contribution in [2.45, 2.75) is 81.3 Å². The average Bonchev–Trinajstić information content (AvgIpc) is 2.45. The average molecular weight is 323 g/mol. The van der Waals surface area contributed by atoms with Gasteiger partial charge in [-0.3, -0.25) is 0 Å². The highest BCUT2D eigenvalue weighted by atomic mass is 32.1.